The summed E-state index contributed by atoms with van der Waals surface area (Å²) < 4.78 is 38.7. The summed E-state index contributed by atoms with van der Waals surface area (Å²) in [6, 6.07) is 0.374. The molecule has 1 saturated heterocycles. The summed E-state index contributed by atoms with van der Waals surface area (Å²) in [6.45, 7) is 4.92. The van der Waals surface area contributed by atoms with Gasteiger partial charge in [-0.05, 0) is 51.1 Å². The molecule has 1 aliphatic carbocycles. The van der Waals surface area contributed by atoms with Crippen molar-refractivity contribution in [2.45, 2.75) is 64.1 Å². The molecular weight excluding hydrogens is 277 g/mol. The predicted octanol–water partition coefficient (Wildman–Crippen LogP) is 3.82. The van der Waals surface area contributed by atoms with Crippen LogP contribution in [0.2, 0.25) is 0 Å². The SMILES string of the molecule is CCCNC(CN1CCCC(C(F)(F)F)C1)C1CCCC1. The van der Waals surface area contributed by atoms with E-state index in [9.17, 15) is 13.2 Å². The molecule has 2 fully saturated rings. The highest BCUT2D eigenvalue weighted by Crippen LogP contribution is 2.34. The number of halogens is 3. The molecule has 2 nitrogen and oxygen atoms in total. The summed E-state index contributed by atoms with van der Waals surface area (Å²) in [5.74, 6) is -0.468. The molecule has 0 radical (unpaired) electrons. The van der Waals surface area contributed by atoms with Gasteiger partial charge in [0.2, 0.25) is 0 Å². The zero-order valence-corrected chi connectivity index (χ0v) is 13.1. The summed E-state index contributed by atoms with van der Waals surface area (Å²) >= 11 is 0. The number of rotatable bonds is 6. The van der Waals surface area contributed by atoms with Gasteiger partial charge in [-0.2, -0.15) is 13.2 Å². The highest BCUT2D eigenvalue weighted by molar-refractivity contribution is 4.86. The third-order valence-electron chi connectivity index (χ3n) is 5.05. The first kappa shape index (κ1) is 17.1. The normalized spacial score (nSPS) is 27.1. The number of nitrogens with zero attached hydrogens (tertiary/aromatic N) is 1. The van der Waals surface area contributed by atoms with Crippen LogP contribution < -0.4 is 5.32 Å². The maximum atomic E-state index is 12.9. The minimum Gasteiger partial charge on any atom is -0.312 e. The van der Waals surface area contributed by atoms with E-state index in [0.717, 1.165) is 26.1 Å². The molecular formula is C16H29F3N2. The van der Waals surface area contributed by atoms with Crippen molar-refractivity contribution in [3.63, 3.8) is 0 Å². The van der Waals surface area contributed by atoms with Crippen LogP contribution in [0.15, 0.2) is 0 Å². The van der Waals surface area contributed by atoms with Gasteiger partial charge in [-0.1, -0.05) is 19.8 Å². The Morgan fingerprint density at radius 2 is 1.86 bits per heavy atom. The maximum absolute atomic E-state index is 12.9. The summed E-state index contributed by atoms with van der Waals surface area (Å²) in [5, 5.41) is 3.59. The van der Waals surface area contributed by atoms with Gasteiger partial charge in [0, 0.05) is 19.1 Å². The van der Waals surface area contributed by atoms with E-state index >= 15 is 0 Å². The van der Waals surface area contributed by atoms with Gasteiger partial charge >= 0.3 is 6.18 Å². The topological polar surface area (TPSA) is 15.3 Å². The van der Waals surface area contributed by atoms with Gasteiger partial charge in [0.1, 0.15) is 0 Å². The molecule has 0 spiro atoms. The van der Waals surface area contributed by atoms with E-state index in [1.165, 1.54) is 25.7 Å². The Balaban J connectivity index is 1.89. The van der Waals surface area contributed by atoms with Gasteiger partial charge in [0.15, 0.2) is 0 Å². The quantitative estimate of drug-likeness (QED) is 0.802. The number of nitrogens with one attached hydrogen (secondary N) is 1. The Kier molecular flexibility index (Phi) is 6.35. The maximum Gasteiger partial charge on any atom is 0.393 e. The van der Waals surface area contributed by atoms with Crippen molar-refractivity contribution in [1.82, 2.24) is 10.2 Å². The fourth-order valence-electron chi connectivity index (χ4n) is 3.84. The average Bonchev–Trinajstić information content (AvgIpc) is 2.97. The van der Waals surface area contributed by atoms with E-state index in [4.69, 9.17) is 0 Å². The number of hydrogen-bond acceptors (Lipinski definition) is 2. The number of alkyl halides is 3. The van der Waals surface area contributed by atoms with E-state index in [2.05, 4.69) is 12.2 Å². The molecule has 2 rings (SSSR count). The Morgan fingerprint density at radius 3 is 2.48 bits per heavy atom. The summed E-state index contributed by atoms with van der Waals surface area (Å²) in [7, 11) is 0. The van der Waals surface area contributed by atoms with Crippen molar-refractivity contribution in [2.75, 3.05) is 26.2 Å². The van der Waals surface area contributed by atoms with Crippen molar-refractivity contribution < 1.29 is 13.2 Å². The van der Waals surface area contributed by atoms with Crippen molar-refractivity contribution in [3.8, 4) is 0 Å². The van der Waals surface area contributed by atoms with Crippen LogP contribution in [0.3, 0.4) is 0 Å². The lowest BCUT2D eigenvalue weighted by molar-refractivity contribution is -0.187. The molecule has 1 aliphatic heterocycles. The predicted molar refractivity (Wildman–Crippen MR) is 79.3 cm³/mol. The average molecular weight is 306 g/mol. The third-order valence-corrected chi connectivity index (χ3v) is 5.05. The van der Waals surface area contributed by atoms with E-state index in [-0.39, 0.29) is 6.54 Å². The molecule has 0 aromatic rings. The highest BCUT2D eigenvalue weighted by atomic mass is 19.4. The zero-order chi connectivity index (χ0) is 15.3. The molecule has 2 unspecified atom stereocenters. The molecule has 124 valence electrons. The lowest BCUT2D eigenvalue weighted by Gasteiger charge is -2.37. The summed E-state index contributed by atoms with van der Waals surface area (Å²) in [6.07, 6.45) is 3.05. The first-order valence-electron chi connectivity index (χ1n) is 8.53. The largest absolute Gasteiger partial charge is 0.393 e. The second kappa shape index (κ2) is 7.82. The number of piperidine rings is 1. The van der Waals surface area contributed by atoms with Crippen LogP contribution in [0.25, 0.3) is 0 Å². The Labute approximate surface area is 126 Å². The van der Waals surface area contributed by atoms with E-state index in [0.29, 0.717) is 24.8 Å². The standard InChI is InChI=1S/C16H29F3N2/c1-2-9-20-15(13-6-3-4-7-13)12-21-10-5-8-14(11-21)16(17,18)19/h13-15,20H,2-12H2,1H3. The van der Waals surface area contributed by atoms with Gasteiger partial charge < -0.3 is 10.2 Å². The first-order valence-corrected chi connectivity index (χ1v) is 8.53. The fraction of sp³-hybridized carbons (Fsp3) is 1.00. The lowest BCUT2D eigenvalue weighted by Crippen LogP contribution is -2.50. The molecule has 2 atom stereocenters. The Hall–Kier alpha value is -0.290. The summed E-state index contributed by atoms with van der Waals surface area (Å²) in [5.41, 5.74) is 0. The zero-order valence-electron chi connectivity index (χ0n) is 13.1. The Bertz CT molecular complexity index is 300. The van der Waals surface area contributed by atoms with Crippen molar-refractivity contribution >= 4 is 0 Å². The van der Waals surface area contributed by atoms with Crippen LogP contribution in [-0.4, -0.2) is 43.3 Å². The van der Waals surface area contributed by atoms with Crippen LogP contribution in [-0.2, 0) is 0 Å². The molecule has 21 heavy (non-hydrogen) atoms. The number of hydrogen-bond donors (Lipinski definition) is 1. The lowest BCUT2D eigenvalue weighted by atomic mass is 9.93. The molecule has 1 saturated carbocycles. The van der Waals surface area contributed by atoms with Gasteiger partial charge in [-0.25, -0.2) is 0 Å². The van der Waals surface area contributed by atoms with Gasteiger partial charge in [-0.3, -0.25) is 0 Å². The van der Waals surface area contributed by atoms with Crippen LogP contribution >= 0.6 is 0 Å². The van der Waals surface area contributed by atoms with E-state index in [1.54, 1.807) is 0 Å². The van der Waals surface area contributed by atoms with E-state index in [1.807, 2.05) is 4.90 Å². The van der Waals surface area contributed by atoms with Gasteiger partial charge in [0.25, 0.3) is 0 Å². The first-order chi connectivity index (χ1) is 10.0. The second-order valence-electron chi connectivity index (χ2n) is 6.75. The molecule has 1 heterocycles. The van der Waals surface area contributed by atoms with Crippen LogP contribution in [0.4, 0.5) is 13.2 Å². The molecule has 1 N–H and O–H groups in total. The van der Waals surface area contributed by atoms with Crippen molar-refractivity contribution in [1.29, 1.82) is 0 Å². The minimum atomic E-state index is -4.03. The molecule has 0 bridgehead atoms. The monoisotopic (exact) mass is 306 g/mol. The molecule has 5 heteroatoms. The molecule has 0 aromatic carbocycles. The van der Waals surface area contributed by atoms with Crippen LogP contribution in [0.1, 0.15) is 51.9 Å². The van der Waals surface area contributed by atoms with Crippen molar-refractivity contribution in [3.05, 3.63) is 0 Å². The van der Waals surface area contributed by atoms with Crippen LogP contribution in [0.5, 0.6) is 0 Å². The fourth-order valence-corrected chi connectivity index (χ4v) is 3.84. The Morgan fingerprint density at radius 1 is 1.14 bits per heavy atom. The van der Waals surface area contributed by atoms with Gasteiger partial charge in [0.05, 0.1) is 5.92 Å². The second-order valence-corrected chi connectivity index (χ2v) is 6.75. The minimum absolute atomic E-state index is 0.195. The van der Waals surface area contributed by atoms with E-state index < -0.39 is 12.1 Å². The van der Waals surface area contributed by atoms with Crippen LogP contribution in [0, 0.1) is 11.8 Å². The highest BCUT2D eigenvalue weighted by Gasteiger charge is 2.42. The molecule has 0 amide bonds. The van der Waals surface area contributed by atoms with Crippen molar-refractivity contribution in [2.24, 2.45) is 11.8 Å². The molecule has 0 aromatic heterocycles. The smallest absolute Gasteiger partial charge is 0.312 e. The number of likely N-dealkylation sites (tertiary alicyclic amines) is 1. The molecule has 2 aliphatic rings. The summed E-state index contributed by atoms with van der Waals surface area (Å²) in [4.78, 5) is 2.05. The third kappa shape index (κ3) is 5.13. The van der Waals surface area contributed by atoms with Gasteiger partial charge in [-0.15, -0.1) is 0 Å².